The molecule has 2 N–H and O–H groups in total. The van der Waals surface area contributed by atoms with Gasteiger partial charge in [-0.2, -0.15) is 0 Å². The highest BCUT2D eigenvalue weighted by Crippen LogP contribution is 2.22. The highest BCUT2D eigenvalue weighted by atomic mass is 16.2. The number of carbonyl (C=O) groups is 1. The fourth-order valence-electron chi connectivity index (χ4n) is 2.46. The Bertz CT molecular complexity index is 445. The lowest BCUT2D eigenvalue weighted by Crippen LogP contribution is -2.36. The van der Waals surface area contributed by atoms with Crippen LogP contribution in [0.3, 0.4) is 0 Å². The van der Waals surface area contributed by atoms with Gasteiger partial charge in [0.05, 0.1) is 5.92 Å². The zero-order valence-electron chi connectivity index (χ0n) is 14.1. The summed E-state index contributed by atoms with van der Waals surface area (Å²) in [6.45, 7) is 9.77. The van der Waals surface area contributed by atoms with Gasteiger partial charge in [-0.15, -0.1) is 0 Å². The summed E-state index contributed by atoms with van der Waals surface area (Å²) in [5, 5.41) is 0. The molecule has 3 nitrogen and oxygen atoms in total. The van der Waals surface area contributed by atoms with Crippen molar-refractivity contribution in [2.45, 2.75) is 52.5 Å². The molecule has 0 aliphatic heterocycles. The van der Waals surface area contributed by atoms with Gasteiger partial charge in [0.25, 0.3) is 0 Å². The molecular weight excluding hydrogens is 260 g/mol. The summed E-state index contributed by atoms with van der Waals surface area (Å²) in [7, 11) is 1.86. The van der Waals surface area contributed by atoms with Gasteiger partial charge in [-0.3, -0.25) is 4.79 Å². The smallest absolute Gasteiger partial charge is 0.226 e. The van der Waals surface area contributed by atoms with Crippen LogP contribution in [0, 0.1) is 5.92 Å². The second-order valence-corrected chi connectivity index (χ2v) is 6.86. The fraction of sp³-hybridized carbons (Fsp3) is 0.611. The van der Waals surface area contributed by atoms with E-state index in [1.807, 2.05) is 7.05 Å². The van der Waals surface area contributed by atoms with E-state index in [-0.39, 0.29) is 17.2 Å². The van der Waals surface area contributed by atoms with Gasteiger partial charge in [0, 0.05) is 20.1 Å². The Morgan fingerprint density at radius 2 is 1.81 bits per heavy atom. The van der Waals surface area contributed by atoms with Crippen LogP contribution in [0.15, 0.2) is 24.3 Å². The molecule has 3 heteroatoms. The minimum atomic E-state index is -0.0474. The number of carbonyl (C=O) groups excluding carboxylic acids is 1. The lowest BCUT2D eigenvalue weighted by atomic mass is 9.87. The van der Waals surface area contributed by atoms with E-state index >= 15 is 0 Å². The number of hydrogen-bond donors (Lipinski definition) is 1. The molecule has 0 radical (unpaired) electrons. The van der Waals surface area contributed by atoms with Crippen LogP contribution in [-0.4, -0.2) is 24.4 Å². The molecule has 118 valence electrons. The molecule has 21 heavy (non-hydrogen) atoms. The maximum absolute atomic E-state index is 12.3. The summed E-state index contributed by atoms with van der Waals surface area (Å²) in [5.41, 5.74) is 8.34. The van der Waals surface area contributed by atoms with Crippen molar-refractivity contribution in [2.24, 2.45) is 11.7 Å². The summed E-state index contributed by atoms with van der Waals surface area (Å²) in [6, 6.07) is 8.53. The number of hydrogen-bond acceptors (Lipinski definition) is 2. The van der Waals surface area contributed by atoms with Crippen molar-refractivity contribution in [3.8, 4) is 0 Å². The SMILES string of the molecule is CCCC(CN)C(=O)N(C)Cc1ccc(C(C)(C)C)cc1. The van der Waals surface area contributed by atoms with Crippen LogP contribution in [0.25, 0.3) is 0 Å². The monoisotopic (exact) mass is 290 g/mol. The summed E-state index contributed by atoms with van der Waals surface area (Å²) in [6.07, 6.45) is 1.85. The molecular formula is C18H30N2O. The molecule has 0 saturated carbocycles. The molecule has 0 saturated heterocycles. The second-order valence-electron chi connectivity index (χ2n) is 6.86. The van der Waals surface area contributed by atoms with Crippen LogP contribution < -0.4 is 5.73 Å². The van der Waals surface area contributed by atoms with E-state index in [4.69, 9.17) is 5.73 Å². The topological polar surface area (TPSA) is 46.3 Å². The van der Waals surface area contributed by atoms with Gasteiger partial charge in [0.2, 0.25) is 5.91 Å². The lowest BCUT2D eigenvalue weighted by Gasteiger charge is -2.23. The minimum Gasteiger partial charge on any atom is -0.341 e. The maximum Gasteiger partial charge on any atom is 0.226 e. The average Bonchev–Trinajstić information content (AvgIpc) is 2.43. The van der Waals surface area contributed by atoms with Crippen molar-refractivity contribution in [3.05, 3.63) is 35.4 Å². The van der Waals surface area contributed by atoms with Crippen molar-refractivity contribution in [2.75, 3.05) is 13.6 Å². The lowest BCUT2D eigenvalue weighted by molar-refractivity contribution is -0.134. The molecule has 0 fully saturated rings. The van der Waals surface area contributed by atoms with E-state index in [0.29, 0.717) is 13.1 Å². The molecule has 1 aromatic carbocycles. The number of nitrogens with zero attached hydrogens (tertiary/aromatic N) is 1. The molecule has 1 aromatic rings. The van der Waals surface area contributed by atoms with E-state index < -0.39 is 0 Å². The Kier molecular flexibility index (Phi) is 6.41. The third-order valence-electron chi connectivity index (χ3n) is 3.89. The predicted octanol–water partition coefficient (Wildman–Crippen LogP) is 3.32. The van der Waals surface area contributed by atoms with Gasteiger partial charge in [-0.1, -0.05) is 58.4 Å². The molecule has 0 heterocycles. The molecule has 1 atom stereocenters. The molecule has 1 unspecified atom stereocenters. The Morgan fingerprint density at radius 3 is 2.24 bits per heavy atom. The fourth-order valence-corrected chi connectivity index (χ4v) is 2.46. The maximum atomic E-state index is 12.3. The number of amides is 1. The van der Waals surface area contributed by atoms with E-state index in [1.165, 1.54) is 5.56 Å². The van der Waals surface area contributed by atoms with Crippen LogP contribution in [0.4, 0.5) is 0 Å². The summed E-state index contributed by atoms with van der Waals surface area (Å²) >= 11 is 0. The largest absolute Gasteiger partial charge is 0.341 e. The van der Waals surface area contributed by atoms with Crippen molar-refractivity contribution in [1.82, 2.24) is 4.90 Å². The normalized spacial score (nSPS) is 13.0. The van der Waals surface area contributed by atoms with Crippen molar-refractivity contribution in [3.63, 3.8) is 0 Å². The third-order valence-corrected chi connectivity index (χ3v) is 3.89. The van der Waals surface area contributed by atoms with Gasteiger partial charge < -0.3 is 10.6 Å². The Labute approximate surface area is 129 Å². The quantitative estimate of drug-likeness (QED) is 0.873. The first kappa shape index (κ1) is 17.7. The van der Waals surface area contributed by atoms with Gasteiger partial charge in [0.1, 0.15) is 0 Å². The van der Waals surface area contributed by atoms with Crippen LogP contribution in [0.2, 0.25) is 0 Å². The van der Waals surface area contributed by atoms with Gasteiger partial charge >= 0.3 is 0 Å². The van der Waals surface area contributed by atoms with Gasteiger partial charge in [0.15, 0.2) is 0 Å². The Morgan fingerprint density at radius 1 is 1.24 bits per heavy atom. The number of benzene rings is 1. The molecule has 0 bridgehead atoms. The van der Waals surface area contributed by atoms with Crippen molar-refractivity contribution >= 4 is 5.91 Å². The van der Waals surface area contributed by atoms with Crippen molar-refractivity contribution < 1.29 is 4.79 Å². The molecule has 0 aromatic heterocycles. The van der Waals surface area contributed by atoms with Gasteiger partial charge in [-0.05, 0) is 23.0 Å². The summed E-state index contributed by atoms with van der Waals surface area (Å²) in [5.74, 6) is 0.105. The molecule has 0 aliphatic rings. The highest BCUT2D eigenvalue weighted by molar-refractivity contribution is 5.78. The van der Waals surface area contributed by atoms with Crippen LogP contribution >= 0.6 is 0 Å². The zero-order chi connectivity index (χ0) is 16.0. The van der Waals surface area contributed by atoms with E-state index in [9.17, 15) is 4.79 Å². The Hall–Kier alpha value is -1.35. The second kappa shape index (κ2) is 7.60. The molecule has 1 amide bonds. The van der Waals surface area contributed by atoms with Crippen LogP contribution in [0.5, 0.6) is 0 Å². The van der Waals surface area contributed by atoms with Crippen molar-refractivity contribution in [1.29, 1.82) is 0 Å². The first-order chi connectivity index (χ1) is 9.79. The average molecular weight is 290 g/mol. The zero-order valence-corrected chi connectivity index (χ0v) is 14.1. The summed E-state index contributed by atoms with van der Waals surface area (Å²) in [4.78, 5) is 14.1. The van der Waals surface area contributed by atoms with E-state index in [0.717, 1.165) is 18.4 Å². The Balaban J connectivity index is 2.70. The molecule has 0 aliphatic carbocycles. The van der Waals surface area contributed by atoms with Gasteiger partial charge in [-0.25, -0.2) is 0 Å². The first-order valence-electron chi connectivity index (χ1n) is 7.84. The first-order valence-corrected chi connectivity index (χ1v) is 7.84. The van der Waals surface area contributed by atoms with E-state index in [2.05, 4.69) is 52.0 Å². The standard InChI is InChI=1S/C18H30N2O/c1-6-7-15(12-19)17(21)20(5)13-14-8-10-16(11-9-14)18(2,3)4/h8-11,15H,6-7,12-13,19H2,1-5H3. The summed E-state index contributed by atoms with van der Waals surface area (Å²) < 4.78 is 0. The highest BCUT2D eigenvalue weighted by Gasteiger charge is 2.20. The van der Waals surface area contributed by atoms with E-state index in [1.54, 1.807) is 4.90 Å². The minimum absolute atomic E-state index is 0.0474. The molecule has 1 rings (SSSR count). The van der Waals surface area contributed by atoms with Crippen LogP contribution in [-0.2, 0) is 16.8 Å². The number of rotatable bonds is 6. The van der Waals surface area contributed by atoms with Crippen LogP contribution in [0.1, 0.15) is 51.7 Å². The molecule has 0 spiro atoms. The predicted molar refractivity (Wildman–Crippen MR) is 89.1 cm³/mol. The third kappa shape index (κ3) is 5.16. The number of nitrogens with two attached hydrogens (primary N) is 1.